The van der Waals surface area contributed by atoms with E-state index in [4.69, 9.17) is 0 Å². The predicted molar refractivity (Wildman–Crippen MR) is 61.8 cm³/mol. The van der Waals surface area contributed by atoms with Gasteiger partial charge in [0.2, 0.25) is 0 Å². The number of Topliss-reactive ketones (excluding diaryl/α,β-unsaturated/α-hetero) is 1. The molecule has 0 aromatic rings. The van der Waals surface area contributed by atoms with E-state index in [1.807, 2.05) is 0 Å². The lowest BCUT2D eigenvalue weighted by Crippen LogP contribution is -2.44. The van der Waals surface area contributed by atoms with Crippen LogP contribution in [0, 0.1) is 11.3 Å². The van der Waals surface area contributed by atoms with Gasteiger partial charge in [0.15, 0.2) is 0 Å². The van der Waals surface area contributed by atoms with Crippen LogP contribution >= 0.6 is 0 Å². The first-order valence-corrected chi connectivity index (χ1v) is 6.53. The lowest BCUT2D eigenvalue weighted by Gasteiger charge is -2.37. The van der Waals surface area contributed by atoms with Crippen LogP contribution in [0.2, 0.25) is 0 Å². The number of ketones is 1. The predicted octanol–water partition coefficient (Wildman–Crippen LogP) is 2.53. The maximum absolute atomic E-state index is 12.5. The molecule has 1 aliphatic carbocycles. The third-order valence-electron chi connectivity index (χ3n) is 4.49. The summed E-state index contributed by atoms with van der Waals surface area (Å²) in [5, 5.41) is 3.37. The average molecular weight is 209 g/mol. The normalized spacial score (nSPS) is 26.7. The van der Waals surface area contributed by atoms with Crippen LogP contribution in [0.4, 0.5) is 0 Å². The van der Waals surface area contributed by atoms with Gasteiger partial charge in [0.1, 0.15) is 5.78 Å². The standard InChI is InChI=1S/C13H23NO/c1-2-13(7-9-14-10-8-13)12(15)11-5-3-4-6-11/h11,14H,2-10H2,1H3. The van der Waals surface area contributed by atoms with Gasteiger partial charge in [-0.25, -0.2) is 0 Å². The highest BCUT2D eigenvalue weighted by Gasteiger charge is 2.41. The van der Waals surface area contributed by atoms with Gasteiger partial charge in [-0.2, -0.15) is 0 Å². The highest BCUT2D eigenvalue weighted by molar-refractivity contribution is 5.87. The van der Waals surface area contributed by atoms with Crippen molar-refractivity contribution in [2.45, 2.75) is 51.9 Å². The Balaban J connectivity index is 2.06. The topological polar surface area (TPSA) is 29.1 Å². The molecule has 0 radical (unpaired) electrons. The Hall–Kier alpha value is -0.370. The van der Waals surface area contributed by atoms with Crippen molar-refractivity contribution in [1.82, 2.24) is 5.32 Å². The highest BCUT2D eigenvalue weighted by atomic mass is 16.1. The fourth-order valence-corrected chi connectivity index (χ4v) is 3.30. The van der Waals surface area contributed by atoms with E-state index >= 15 is 0 Å². The van der Waals surface area contributed by atoms with E-state index in [0.717, 1.165) is 45.2 Å². The molecule has 0 aromatic carbocycles. The van der Waals surface area contributed by atoms with Gasteiger partial charge >= 0.3 is 0 Å². The van der Waals surface area contributed by atoms with Gasteiger partial charge in [-0.1, -0.05) is 19.8 Å². The molecule has 0 bridgehead atoms. The molecule has 1 heterocycles. The number of nitrogens with one attached hydrogen (secondary N) is 1. The molecule has 0 spiro atoms. The van der Waals surface area contributed by atoms with Crippen molar-refractivity contribution in [2.24, 2.45) is 11.3 Å². The minimum Gasteiger partial charge on any atom is -0.317 e. The fourth-order valence-electron chi connectivity index (χ4n) is 3.30. The highest BCUT2D eigenvalue weighted by Crippen LogP contribution is 2.40. The summed E-state index contributed by atoms with van der Waals surface area (Å²) in [5.74, 6) is 1.01. The minimum atomic E-state index is 0.0419. The van der Waals surface area contributed by atoms with E-state index in [0.29, 0.717) is 11.7 Å². The smallest absolute Gasteiger partial charge is 0.142 e. The maximum atomic E-state index is 12.5. The Labute approximate surface area is 92.8 Å². The summed E-state index contributed by atoms with van der Waals surface area (Å²) in [5.41, 5.74) is 0.0419. The summed E-state index contributed by atoms with van der Waals surface area (Å²) in [6.45, 7) is 4.26. The summed E-state index contributed by atoms with van der Waals surface area (Å²) in [6.07, 6.45) is 8.05. The Kier molecular flexibility index (Phi) is 3.45. The van der Waals surface area contributed by atoms with E-state index in [-0.39, 0.29) is 5.41 Å². The van der Waals surface area contributed by atoms with E-state index < -0.39 is 0 Å². The zero-order chi connectivity index (χ0) is 10.7. The second-order valence-electron chi connectivity index (χ2n) is 5.23. The van der Waals surface area contributed by atoms with Crippen LogP contribution in [0.1, 0.15) is 51.9 Å². The Morgan fingerprint density at radius 2 is 1.87 bits per heavy atom. The molecule has 2 heteroatoms. The van der Waals surface area contributed by atoms with E-state index in [2.05, 4.69) is 12.2 Å². The zero-order valence-corrected chi connectivity index (χ0v) is 9.85. The molecule has 0 aromatic heterocycles. The van der Waals surface area contributed by atoms with Crippen LogP contribution < -0.4 is 5.32 Å². The first-order valence-electron chi connectivity index (χ1n) is 6.53. The van der Waals surface area contributed by atoms with E-state index in [9.17, 15) is 4.79 Å². The monoisotopic (exact) mass is 209 g/mol. The summed E-state index contributed by atoms with van der Waals surface area (Å²) < 4.78 is 0. The van der Waals surface area contributed by atoms with Gasteiger partial charge < -0.3 is 5.32 Å². The summed E-state index contributed by atoms with van der Waals surface area (Å²) in [7, 11) is 0. The van der Waals surface area contributed by atoms with Crippen molar-refractivity contribution in [3.8, 4) is 0 Å². The Morgan fingerprint density at radius 3 is 2.40 bits per heavy atom. The molecular weight excluding hydrogens is 186 g/mol. The number of hydrogen-bond acceptors (Lipinski definition) is 2. The molecule has 2 nitrogen and oxygen atoms in total. The first kappa shape index (κ1) is 11.1. The van der Waals surface area contributed by atoms with Crippen LogP contribution in [0.15, 0.2) is 0 Å². The lowest BCUT2D eigenvalue weighted by molar-refractivity contribution is -0.134. The molecule has 0 atom stereocenters. The molecule has 1 saturated carbocycles. The lowest BCUT2D eigenvalue weighted by atomic mass is 9.69. The van der Waals surface area contributed by atoms with Crippen LogP contribution in [-0.4, -0.2) is 18.9 Å². The molecule has 15 heavy (non-hydrogen) atoms. The number of carbonyl (C=O) groups excluding carboxylic acids is 1. The summed E-state index contributed by atoms with van der Waals surface area (Å²) >= 11 is 0. The summed E-state index contributed by atoms with van der Waals surface area (Å²) in [4.78, 5) is 12.5. The molecule has 0 amide bonds. The third kappa shape index (κ3) is 2.10. The minimum absolute atomic E-state index is 0.0419. The third-order valence-corrected chi connectivity index (χ3v) is 4.49. The molecule has 2 fully saturated rings. The van der Waals surface area contributed by atoms with Crippen molar-refractivity contribution in [3.63, 3.8) is 0 Å². The molecule has 1 N–H and O–H groups in total. The van der Waals surface area contributed by atoms with E-state index in [1.54, 1.807) is 0 Å². The van der Waals surface area contributed by atoms with Gasteiger partial charge in [-0.15, -0.1) is 0 Å². The number of piperidine rings is 1. The van der Waals surface area contributed by atoms with Crippen LogP contribution in [0.3, 0.4) is 0 Å². The fraction of sp³-hybridized carbons (Fsp3) is 0.923. The van der Waals surface area contributed by atoms with Gasteiger partial charge in [0.25, 0.3) is 0 Å². The first-order chi connectivity index (χ1) is 7.28. The quantitative estimate of drug-likeness (QED) is 0.774. The van der Waals surface area contributed by atoms with Crippen molar-refractivity contribution < 1.29 is 4.79 Å². The summed E-state index contributed by atoms with van der Waals surface area (Å²) in [6, 6.07) is 0. The zero-order valence-electron chi connectivity index (χ0n) is 9.85. The Bertz CT molecular complexity index is 225. The molecule has 2 rings (SSSR count). The van der Waals surface area contributed by atoms with Crippen molar-refractivity contribution in [2.75, 3.05) is 13.1 Å². The Morgan fingerprint density at radius 1 is 1.27 bits per heavy atom. The second kappa shape index (κ2) is 4.65. The molecular formula is C13H23NO. The molecule has 2 aliphatic rings. The molecule has 0 unspecified atom stereocenters. The van der Waals surface area contributed by atoms with Crippen molar-refractivity contribution in [1.29, 1.82) is 0 Å². The van der Waals surface area contributed by atoms with Gasteiger partial charge in [0, 0.05) is 11.3 Å². The van der Waals surface area contributed by atoms with Crippen LogP contribution in [0.25, 0.3) is 0 Å². The number of rotatable bonds is 3. The largest absolute Gasteiger partial charge is 0.317 e. The molecule has 86 valence electrons. The van der Waals surface area contributed by atoms with Crippen LogP contribution in [-0.2, 0) is 4.79 Å². The van der Waals surface area contributed by atoms with Crippen molar-refractivity contribution >= 4 is 5.78 Å². The average Bonchev–Trinajstić information content (AvgIpc) is 2.82. The van der Waals surface area contributed by atoms with E-state index in [1.165, 1.54) is 12.8 Å². The molecule has 1 aliphatic heterocycles. The second-order valence-corrected chi connectivity index (χ2v) is 5.23. The van der Waals surface area contributed by atoms with Gasteiger partial charge in [-0.3, -0.25) is 4.79 Å². The molecule has 1 saturated heterocycles. The number of carbonyl (C=O) groups is 1. The van der Waals surface area contributed by atoms with Crippen LogP contribution in [0.5, 0.6) is 0 Å². The SMILES string of the molecule is CCC1(C(=O)C2CCCC2)CCNCC1. The van der Waals surface area contributed by atoms with Gasteiger partial charge in [-0.05, 0) is 45.2 Å². The number of hydrogen-bond donors (Lipinski definition) is 1. The maximum Gasteiger partial charge on any atom is 0.142 e. The van der Waals surface area contributed by atoms with Crippen molar-refractivity contribution in [3.05, 3.63) is 0 Å². The van der Waals surface area contributed by atoms with Gasteiger partial charge in [0.05, 0.1) is 0 Å².